The summed E-state index contributed by atoms with van der Waals surface area (Å²) in [5.74, 6) is -0.316. The molecule has 6 heteroatoms. The van der Waals surface area contributed by atoms with Crippen LogP contribution >= 0.6 is 0 Å². The summed E-state index contributed by atoms with van der Waals surface area (Å²) in [6, 6.07) is -0.115. The SMILES string of the molecule is COCCNC(=O)C(C)N1CCC2(CC1)OCCO2. The number of nitrogens with zero attached hydrogens (tertiary/aromatic N) is 1. The summed E-state index contributed by atoms with van der Waals surface area (Å²) in [4.78, 5) is 14.1. The third-order valence-corrected chi connectivity index (χ3v) is 3.91. The summed E-state index contributed by atoms with van der Waals surface area (Å²) in [5.41, 5.74) is 0. The molecule has 0 aromatic rings. The summed E-state index contributed by atoms with van der Waals surface area (Å²) in [6.45, 7) is 6.08. The van der Waals surface area contributed by atoms with Gasteiger partial charge in [0.25, 0.3) is 0 Å². The number of methoxy groups -OCH3 is 1. The van der Waals surface area contributed by atoms with Crippen molar-refractivity contribution in [2.45, 2.75) is 31.6 Å². The first-order chi connectivity index (χ1) is 9.17. The van der Waals surface area contributed by atoms with Crippen molar-refractivity contribution in [2.75, 3.05) is 46.6 Å². The Labute approximate surface area is 114 Å². The van der Waals surface area contributed by atoms with Crippen LogP contribution in [0.4, 0.5) is 0 Å². The van der Waals surface area contributed by atoms with Crippen molar-refractivity contribution in [1.29, 1.82) is 0 Å². The zero-order valence-corrected chi connectivity index (χ0v) is 11.8. The molecule has 1 atom stereocenters. The van der Waals surface area contributed by atoms with E-state index >= 15 is 0 Å². The maximum Gasteiger partial charge on any atom is 0.237 e. The van der Waals surface area contributed by atoms with Crippen molar-refractivity contribution < 1.29 is 19.0 Å². The lowest BCUT2D eigenvalue weighted by atomic mass is 10.0. The van der Waals surface area contributed by atoms with E-state index in [1.165, 1.54) is 0 Å². The molecule has 6 nitrogen and oxygen atoms in total. The standard InChI is InChI=1S/C13H24N2O4/c1-11(12(16)14-5-8-17-2)15-6-3-13(4-7-15)18-9-10-19-13/h11H,3-10H2,1-2H3,(H,14,16). The molecular weight excluding hydrogens is 248 g/mol. The fraction of sp³-hybridized carbons (Fsp3) is 0.923. The number of ether oxygens (including phenoxy) is 3. The molecule has 0 aromatic heterocycles. The van der Waals surface area contributed by atoms with Crippen molar-refractivity contribution in [1.82, 2.24) is 10.2 Å². The molecular formula is C13H24N2O4. The van der Waals surface area contributed by atoms with Crippen LogP contribution in [0.2, 0.25) is 0 Å². The number of amides is 1. The summed E-state index contributed by atoms with van der Waals surface area (Å²) >= 11 is 0. The van der Waals surface area contributed by atoms with E-state index in [2.05, 4.69) is 10.2 Å². The molecule has 2 fully saturated rings. The van der Waals surface area contributed by atoms with Gasteiger partial charge < -0.3 is 19.5 Å². The molecule has 2 saturated heterocycles. The Balaban J connectivity index is 1.75. The van der Waals surface area contributed by atoms with Crippen LogP contribution in [0, 0.1) is 0 Å². The van der Waals surface area contributed by atoms with Gasteiger partial charge in [0.15, 0.2) is 5.79 Å². The predicted octanol–water partition coefficient (Wildman–Crippen LogP) is -0.0236. The molecule has 2 aliphatic heterocycles. The lowest BCUT2D eigenvalue weighted by Gasteiger charge is -2.39. The Hall–Kier alpha value is -0.690. The predicted molar refractivity (Wildman–Crippen MR) is 69.8 cm³/mol. The van der Waals surface area contributed by atoms with Gasteiger partial charge in [0, 0.05) is 39.6 Å². The van der Waals surface area contributed by atoms with Crippen molar-refractivity contribution >= 4 is 5.91 Å². The Morgan fingerprint density at radius 2 is 2.00 bits per heavy atom. The van der Waals surface area contributed by atoms with Crippen LogP contribution in [-0.4, -0.2) is 69.2 Å². The number of nitrogens with one attached hydrogen (secondary N) is 1. The Bertz CT molecular complexity index is 295. The van der Waals surface area contributed by atoms with Gasteiger partial charge >= 0.3 is 0 Å². The van der Waals surface area contributed by atoms with Crippen LogP contribution in [0.15, 0.2) is 0 Å². The van der Waals surface area contributed by atoms with E-state index in [1.807, 2.05) is 6.92 Å². The van der Waals surface area contributed by atoms with E-state index in [0.717, 1.165) is 25.9 Å². The monoisotopic (exact) mass is 272 g/mol. The lowest BCUT2D eigenvalue weighted by Crippen LogP contribution is -2.52. The molecule has 2 rings (SSSR count). The molecule has 110 valence electrons. The molecule has 2 heterocycles. The van der Waals surface area contributed by atoms with Gasteiger partial charge in [0.1, 0.15) is 0 Å². The summed E-state index contributed by atoms with van der Waals surface area (Å²) < 4.78 is 16.3. The molecule has 1 amide bonds. The highest BCUT2D eigenvalue weighted by molar-refractivity contribution is 5.81. The average molecular weight is 272 g/mol. The molecule has 1 N–H and O–H groups in total. The lowest BCUT2D eigenvalue weighted by molar-refractivity contribution is -0.188. The second-order valence-electron chi connectivity index (χ2n) is 5.10. The van der Waals surface area contributed by atoms with Crippen LogP contribution in [0.5, 0.6) is 0 Å². The minimum atomic E-state index is -0.372. The number of piperidine rings is 1. The topological polar surface area (TPSA) is 60.0 Å². The van der Waals surface area contributed by atoms with Gasteiger partial charge in [0.05, 0.1) is 25.9 Å². The van der Waals surface area contributed by atoms with Gasteiger partial charge in [0.2, 0.25) is 5.91 Å². The molecule has 19 heavy (non-hydrogen) atoms. The Morgan fingerprint density at radius 1 is 1.37 bits per heavy atom. The van der Waals surface area contributed by atoms with Crippen molar-refractivity contribution in [3.05, 3.63) is 0 Å². The fourth-order valence-corrected chi connectivity index (χ4v) is 2.63. The van der Waals surface area contributed by atoms with E-state index < -0.39 is 0 Å². The summed E-state index contributed by atoms with van der Waals surface area (Å²) in [7, 11) is 1.63. The Morgan fingerprint density at radius 3 is 2.58 bits per heavy atom. The van der Waals surface area contributed by atoms with Gasteiger partial charge in [-0.25, -0.2) is 0 Å². The molecule has 0 radical (unpaired) electrons. The second kappa shape index (κ2) is 6.65. The van der Waals surface area contributed by atoms with Crippen LogP contribution < -0.4 is 5.32 Å². The largest absolute Gasteiger partial charge is 0.383 e. The maximum atomic E-state index is 12.0. The molecule has 0 bridgehead atoms. The van der Waals surface area contributed by atoms with Crippen LogP contribution in [0.25, 0.3) is 0 Å². The minimum absolute atomic E-state index is 0.0567. The van der Waals surface area contributed by atoms with Gasteiger partial charge in [-0.1, -0.05) is 0 Å². The molecule has 1 unspecified atom stereocenters. The van der Waals surface area contributed by atoms with Gasteiger partial charge in [-0.05, 0) is 6.92 Å². The summed E-state index contributed by atoms with van der Waals surface area (Å²) in [6.07, 6.45) is 1.67. The molecule has 0 aromatic carbocycles. The van der Waals surface area contributed by atoms with E-state index in [4.69, 9.17) is 14.2 Å². The number of rotatable bonds is 5. The van der Waals surface area contributed by atoms with Crippen LogP contribution in [-0.2, 0) is 19.0 Å². The quantitative estimate of drug-likeness (QED) is 0.713. The molecule has 0 aliphatic carbocycles. The smallest absolute Gasteiger partial charge is 0.237 e. The minimum Gasteiger partial charge on any atom is -0.383 e. The van der Waals surface area contributed by atoms with Crippen molar-refractivity contribution in [3.8, 4) is 0 Å². The second-order valence-corrected chi connectivity index (χ2v) is 5.10. The first-order valence-electron chi connectivity index (χ1n) is 6.95. The van der Waals surface area contributed by atoms with Gasteiger partial charge in [-0.3, -0.25) is 9.69 Å². The highest BCUT2D eigenvalue weighted by Gasteiger charge is 2.41. The number of likely N-dealkylation sites (tertiary alicyclic amines) is 1. The first kappa shape index (κ1) is 14.7. The zero-order valence-electron chi connectivity index (χ0n) is 11.8. The van der Waals surface area contributed by atoms with Crippen LogP contribution in [0.1, 0.15) is 19.8 Å². The average Bonchev–Trinajstić information content (AvgIpc) is 2.87. The first-order valence-corrected chi connectivity index (χ1v) is 6.95. The molecule has 0 saturated carbocycles. The fourth-order valence-electron chi connectivity index (χ4n) is 2.63. The van der Waals surface area contributed by atoms with E-state index in [0.29, 0.717) is 26.4 Å². The highest BCUT2D eigenvalue weighted by atomic mass is 16.7. The zero-order chi connectivity index (χ0) is 13.7. The number of carbonyl (C=O) groups is 1. The third-order valence-electron chi connectivity index (χ3n) is 3.91. The van der Waals surface area contributed by atoms with E-state index in [1.54, 1.807) is 7.11 Å². The van der Waals surface area contributed by atoms with E-state index in [-0.39, 0.29) is 17.7 Å². The van der Waals surface area contributed by atoms with E-state index in [9.17, 15) is 4.79 Å². The number of hydrogen-bond acceptors (Lipinski definition) is 5. The summed E-state index contributed by atoms with van der Waals surface area (Å²) in [5, 5.41) is 2.87. The number of hydrogen-bond donors (Lipinski definition) is 1. The highest BCUT2D eigenvalue weighted by Crippen LogP contribution is 2.31. The molecule has 1 spiro atoms. The maximum absolute atomic E-state index is 12.0. The Kier molecular flexibility index (Phi) is 5.15. The van der Waals surface area contributed by atoms with Gasteiger partial charge in [-0.2, -0.15) is 0 Å². The van der Waals surface area contributed by atoms with Crippen molar-refractivity contribution in [2.24, 2.45) is 0 Å². The van der Waals surface area contributed by atoms with Crippen molar-refractivity contribution in [3.63, 3.8) is 0 Å². The van der Waals surface area contributed by atoms with Crippen LogP contribution in [0.3, 0.4) is 0 Å². The molecule has 2 aliphatic rings. The normalized spacial score (nSPS) is 24.5. The van der Waals surface area contributed by atoms with Gasteiger partial charge in [-0.15, -0.1) is 0 Å². The number of carbonyl (C=O) groups excluding carboxylic acids is 1. The third kappa shape index (κ3) is 3.66.